The molecular weight excluding hydrogens is 434 g/mol. The summed E-state index contributed by atoms with van der Waals surface area (Å²) in [5.74, 6) is 0.160. The van der Waals surface area contributed by atoms with Gasteiger partial charge in [-0.1, -0.05) is 6.92 Å². The van der Waals surface area contributed by atoms with Crippen LogP contribution < -0.4 is 30.7 Å². The molecule has 180 valence electrons. The lowest BCUT2D eigenvalue weighted by atomic mass is 9.98. The van der Waals surface area contributed by atoms with Gasteiger partial charge in [-0.25, -0.2) is 0 Å². The van der Waals surface area contributed by atoms with Gasteiger partial charge in [0, 0.05) is 30.0 Å². The number of hydrogen-bond donors (Lipinski definition) is 4. The first-order valence-corrected chi connectivity index (χ1v) is 11.2. The minimum Gasteiger partial charge on any atom is -0.497 e. The lowest BCUT2D eigenvalue weighted by Gasteiger charge is -2.31. The van der Waals surface area contributed by atoms with Gasteiger partial charge >= 0.3 is 0 Å². The van der Waals surface area contributed by atoms with Gasteiger partial charge in [-0.05, 0) is 62.2 Å². The molecule has 0 bridgehead atoms. The van der Waals surface area contributed by atoms with E-state index in [0.29, 0.717) is 48.8 Å². The number of methoxy groups -OCH3 is 1. The molecule has 34 heavy (non-hydrogen) atoms. The van der Waals surface area contributed by atoms with Crippen LogP contribution in [0.3, 0.4) is 0 Å². The van der Waals surface area contributed by atoms with E-state index in [1.165, 1.54) is 0 Å². The molecule has 0 fully saturated rings. The standard InChI is InChI=1S/C25H31N5O4/c1-4-14-34-21-11-8-17(15-20(21)28-5-2)30-13-12-19(22(26)24(27)31)23(25(30)32)29-16-6-9-18(33-3)10-7-16/h6-11,15,26,28-29H,4-5,12-14H2,1-3H3,(H2,27,31). The van der Waals surface area contributed by atoms with Gasteiger partial charge in [-0.3, -0.25) is 15.0 Å². The summed E-state index contributed by atoms with van der Waals surface area (Å²) in [6.45, 7) is 5.63. The number of nitrogens with two attached hydrogens (primary N) is 1. The van der Waals surface area contributed by atoms with E-state index in [2.05, 4.69) is 10.6 Å². The van der Waals surface area contributed by atoms with Crippen LogP contribution in [-0.2, 0) is 9.59 Å². The van der Waals surface area contributed by atoms with Crippen LogP contribution in [0.5, 0.6) is 11.5 Å². The number of benzene rings is 2. The molecule has 0 atom stereocenters. The van der Waals surface area contributed by atoms with Crippen molar-refractivity contribution >= 4 is 34.6 Å². The normalized spacial score (nSPS) is 13.5. The Balaban J connectivity index is 1.97. The monoisotopic (exact) mass is 465 g/mol. The maximum Gasteiger partial charge on any atom is 0.275 e. The Bertz CT molecular complexity index is 1090. The van der Waals surface area contributed by atoms with Crippen molar-refractivity contribution in [3.05, 3.63) is 53.7 Å². The second-order valence-corrected chi connectivity index (χ2v) is 7.71. The van der Waals surface area contributed by atoms with Crippen molar-refractivity contribution in [3.63, 3.8) is 0 Å². The fourth-order valence-electron chi connectivity index (χ4n) is 3.66. The third kappa shape index (κ3) is 5.48. The van der Waals surface area contributed by atoms with Crippen molar-refractivity contribution in [1.29, 1.82) is 5.41 Å². The summed E-state index contributed by atoms with van der Waals surface area (Å²) in [5, 5.41) is 14.5. The average molecular weight is 466 g/mol. The van der Waals surface area contributed by atoms with Crippen molar-refractivity contribution in [1.82, 2.24) is 0 Å². The molecule has 2 aromatic carbocycles. The van der Waals surface area contributed by atoms with E-state index in [0.717, 1.165) is 17.9 Å². The molecular formula is C25H31N5O4. The molecule has 0 aliphatic carbocycles. The summed E-state index contributed by atoms with van der Waals surface area (Å²) in [6, 6.07) is 12.6. The molecule has 2 aromatic rings. The number of hydrogen-bond acceptors (Lipinski definition) is 7. The lowest BCUT2D eigenvalue weighted by Crippen LogP contribution is -2.42. The smallest absolute Gasteiger partial charge is 0.275 e. The number of primary amides is 1. The van der Waals surface area contributed by atoms with Gasteiger partial charge in [0.2, 0.25) is 0 Å². The molecule has 2 amide bonds. The third-order valence-electron chi connectivity index (χ3n) is 5.36. The van der Waals surface area contributed by atoms with Crippen LogP contribution in [0.2, 0.25) is 0 Å². The second kappa shape index (κ2) is 11.2. The van der Waals surface area contributed by atoms with Crippen molar-refractivity contribution in [2.75, 3.05) is 42.3 Å². The molecule has 9 heteroatoms. The highest BCUT2D eigenvalue weighted by Crippen LogP contribution is 2.33. The predicted octanol–water partition coefficient (Wildman–Crippen LogP) is 3.52. The quantitative estimate of drug-likeness (QED) is 0.376. The summed E-state index contributed by atoms with van der Waals surface area (Å²) in [5.41, 5.74) is 7.54. The lowest BCUT2D eigenvalue weighted by molar-refractivity contribution is -0.115. The summed E-state index contributed by atoms with van der Waals surface area (Å²) in [6.07, 6.45) is 1.19. The fraction of sp³-hybridized carbons (Fsp3) is 0.320. The molecule has 3 rings (SSSR count). The molecule has 0 spiro atoms. The summed E-state index contributed by atoms with van der Waals surface area (Å²) < 4.78 is 11.0. The van der Waals surface area contributed by atoms with Crippen LogP contribution in [0.1, 0.15) is 26.7 Å². The van der Waals surface area contributed by atoms with Crippen LogP contribution in [0, 0.1) is 5.41 Å². The SMILES string of the molecule is CCCOc1ccc(N2CCC(C(=N)C(N)=O)=C(Nc3ccc(OC)cc3)C2=O)cc1NCC. The second-order valence-electron chi connectivity index (χ2n) is 7.71. The minimum absolute atomic E-state index is 0.150. The van der Waals surface area contributed by atoms with Crippen molar-refractivity contribution in [2.45, 2.75) is 26.7 Å². The summed E-state index contributed by atoms with van der Waals surface area (Å²) in [4.78, 5) is 27.0. The van der Waals surface area contributed by atoms with E-state index in [1.54, 1.807) is 36.3 Å². The van der Waals surface area contributed by atoms with Crippen LogP contribution >= 0.6 is 0 Å². The van der Waals surface area contributed by atoms with Crippen molar-refractivity contribution in [3.8, 4) is 11.5 Å². The maximum atomic E-state index is 13.6. The Morgan fingerprint density at radius 1 is 1.18 bits per heavy atom. The number of amides is 2. The summed E-state index contributed by atoms with van der Waals surface area (Å²) >= 11 is 0. The number of ether oxygens (including phenoxy) is 2. The van der Waals surface area contributed by atoms with Gasteiger partial charge in [0.15, 0.2) is 0 Å². The van der Waals surface area contributed by atoms with Gasteiger partial charge in [-0.15, -0.1) is 0 Å². The Morgan fingerprint density at radius 2 is 1.91 bits per heavy atom. The average Bonchev–Trinajstić information content (AvgIpc) is 2.84. The summed E-state index contributed by atoms with van der Waals surface area (Å²) in [7, 11) is 1.57. The minimum atomic E-state index is -0.878. The molecule has 9 nitrogen and oxygen atoms in total. The molecule has 1 heterocycles. The van der Waals surface area contributed by atoms with E-state index in [4.69, 9.17) is 20.6 Å². The van der Waals surface area contributed by atoms with Crippen LogP contribution in [0.4, 0.5) is 17.1 Å². The number of carbonyl (C=O) groups is 2. The van der Waals surface area contributed by atoms with Crippen molar-refractivity contribution < 1.29 is 19.1 Å². The molecule has 1 aliphatic rings. The highest BCUT2D eigenvalue weighted by molar-refractivity contribution is 6.44. The zero-order valence-corrected chi connectivity index (χ0v) is 19.7. The van der Waals surface area contributed by atoms with Gasteiger partial charge in [0.1, 0.15) is 22.9 Å². The molecule has 0 saturated heterocycles. The molecule has 0 saturated carbocycles. The van der Waals surface area contributed by atoms with Gasteiger partial charge in [0.25, 0.3) is 11.8 Å². The first-order valence-electron chi connectivity index (χ1n) is 11.2. The van der Waals surface area contributed by atoms with Crippen LogP contribution in [0.25, 0.3) is 0 Å². The van der Waals surface area contributed by atoms with Crippen molar-refractivity contribution in [2.24, 2.45) is 5.73 Å². The number of rotatable bonds is 11. The first-order chi connectivity index (χ1) is 16.4. The fourth-order valence-corrected chi connectivity index (χ4v) is 3.66. The molecule has 5 N–H and O–H groups in total. The first kappa shape index (κ1) is 24.6. The number of nitrogens with one attached hydrogen (secondary N) is 3. The Kier molecular flexibility index (Phi) is 8.13. The molecule has 0 aromatic heterocycles. The number of anilines is 3. The largest absolute Gasteiger partial charge is 0.497 e. The third-order valence-corrected chi connectivity index (χ3v) is 5.36. The molecule has 0 unspecified atom stereocenters. The van der Waals surface area contributed by atoms with Gasteiger partial charge < -0.3 is 30.7 Å². The Labute approximate surface area is 199 Å². The number of carbonyl (C=O) groups excluding carboxylic acids is 2. The predicted molar refractivity (Wildman–Crippen MR) is 134 cm³/mol. The highest BCUT2D eigenvalue weighted by atomic mass is 16.5. The number of nitrogens with zero attached hydrogens (tertiary/aromatic N) is 1. The zero-order chi connectivity index (χ0) is 24.7. The van der Waals surface area contributed by atoms with E-state index in [-0.39, 0.29) is 17.3 Å². The van der Waals surface area contributed by atoms with Gasteiger partial charge in [0.05, 0.1) is 19.4 Å². The van der Waals surface area contributed by atoms with E-state index in [9.17, 15) is 9.59 Å². The molecule has 1 aliphatic heterocycles. The highest BCUT2D eigenvalue weighted by Gasteiger charge is 2.32. The van der Waals surface area contributed by atoms with Gasteiger partial charge in [-0.2, -0.15) is 0 Å². The van der Waals surface area contributed by atoms with Crippen LogP contribution in [0.15, 0.2) is 53.7 Å². The van der Waals surface area contributed by atoms with Crippen LogP contribution in [-0.4, -0.2) is 44.3 Å². The Morgan fingerprint density at radius 3 is 2.53 bits per heavy atom. The molecule has 0 radical (unpaired) electrons. The Hall–Kier alpha value is -4.01. The van der Waals surface area contributed by atoms with E-state index in [1.807, 2.05) is 32.0 Å². The van der Waals surface area contributed by atoms with E-state index >= 15 is 0 Å². The topological polar surface area (TPSA) is 130 Å². The maximum absolute atomic E-state index is 13.6. The zero-order valence-electron chi connectivity index (χ0n) is 19.7. The van der Waals surface area contributed by atoms with E-state index < -0.39 is 5.91 Å².